The number of nitrogens with zero attached hydrogens (tertiary/aromatic N) is 2. The highest BCUT2D eigenvalue weighted by atomic mass is 19.1. The van der Waals surface area contributed by atoms with Crippen LogP contribution < -0.4 is 5.32 Å². The third-order valence-electron chi connectivity index (χ3n) is 4.54. The molecule has 0 radical (unpaired) electrons. The second kappa shape index (κ2) is 4.12. The summed E-state index contributed by atoms with van der Waals surface area (Å²) in [5, 5.41) is 11.0. The minimum atomic E-state index is -0.563. The van der Waals surface area contributed by atoms with Gasteiger partial charge >= 0.3 is 0 Å². The molecular formula is C14H20FN3O. The Morgan fingerprint density at radius 1 is 1.42 bits per heavy atom. The standard InChI is InChI=1S/C14H20FN3O/c1-14(2,3)10(6-15)16-13(19)12-9-5-7-4-8(7)11(9)17-18-12/h7-10H,4-6H2,1-3H3,(H,16,19)/t7?,8?,9?,10-/m1/s1. The third-order valence-corrected chi connectivity index (χ3v) is 4.54. The molecule has 19 heavy (non-hydrogen) atoms. The molecule has 4 atom stereocenters. The van der Waals surface area contributed by atoms with Crippen molar-refractivity contribution in [1.29, 1.82) is 0 Å². The van der Waals surface area contributed by atoms with Crippen molar-refractivity contribution in [3.05, 3.63) is 0 Å². The summed E-state index contributed by atoms with van der Waals surface area (Å²) in [6.07, 6.45) is 2.19. The van der Waals surface area contributed by atoms with Crippen LogP contribution in [0.15, 0.2) is 10.2 Å². The molecular weight excluding hydrogens is 245 g/mol. The highest BCUT2D eigenvalue weighted by Crippen LogP contribution is 2.54. The number of carbonyl (C=O) groups is 1. The number of fused-ring (bicyclic) bond motifs is 3. The molecule has 3 aliphatic rings. The predicted octanol–water partition coefficient (Wildman–Crippen LogP) is 1.95. The fourth-order valence-electron chi connectivity index (χ4n) is 3.05. The molecule has 2 fully saturated rings. The highest BCUT2D eigenvalue weighted by molar-refractivity contribution is 6.45. The summed E-state index contributed by atoms with van der Waals surface area (Å²) >= 11 is 0. The van der Waals surface area contributed by atoms with Crippen LogP contribution in [0.3, 0.4) is 0 Å². The molecule has 3 rings (SSSR count). The van der Waals surface area contributed by atoms with Gasteiger partial charge in [-0.1, -0.05) is 20.8 Å². The summed E-state index contributed by atoms with van der Waals surface area (Å²) in [5.74, 6) is 1.13. The molecule has 3 unspecified atom stereocenters. The number of hydrogen-bond acceptors (Lipinski definition) is 3. The van der Waals surface area contributed by atoms with E-state index < -0.39 is 12.7 Å². The number of alkyl halides is 1. The molecule has 5 heteroatoms. The molecule has 2 saturated carbocycles. The van der Waals surface area contributed by atoms with Crippen LogP contribution >= 0.6 is 0 Å². The Bertz CT molecular complexity index is 478. The number of hydrogen-bond donors (Lipinski definition) is 1. The largest absolute Gasteiger partial charge is 0.345 e. The molecule has 0 aromatic carbocycles. The van der Waals surface area contributed by atoms with Gasteiger partial charge in [0.2, 0.25) is 0 Å². The van der Waals surface area contributed by atoms with E-state index in [1.807, 2.05) is 20.8 Å². The SMILES string of the molecule is CC(C)(C)[C@@H](CF)NC(=O)C1=NN=C2C1CC1CC21. The van der Waals surface area contributed by atoms with E-state index in [4.69, 9.17) is 0 Å². The fraction of sp³-hybridized carbons (Fsp3) is 0.786. The first-order valence-corrected chi connectivity index (χ1v) is 6.94. The van der Waals surface area contributed by atoms with Crippen LogP contribution in [0.4, 0.5) is 4.39 Å². The van der Waals surface area contributed by atoms with Gasteiger partial charge in [0.25, 0.3) is 5.91 Å². The third kappa shape index (κ3) is 2.09. The van der Waals surface area contributed by atoms with E-state index in [-0.39, 0.29) is 17.2 Å². The van der Waals surface area contributed by atoms with Crippen LogP contribution in [0.1, 0.15) is 33.6 Å². The van der Waals surface area contributed by atoms with Gasteiger partial charge in [0.15, 0.2) is 0 Å². The monoisotopic (exact) mass is 265 g/mol. The molecule has 4 nitrogen and oxygen atoms in total. The van der Waals surface area contributed by atoms with Gasteiger partial charge in [0.1, 0.15) is 12.4 Å². The number of nitrogens with one attached hydrogen (secondary N) is 1. The highest BCUT2D eigenvalue weighted by Gasteiger charge is 2.55. The quantitative estimate of drug-likeness (QED) is 0.833. The number of amides is 1. The molecule has 0 aromatic rings. The Hall–Kier alpha value is -1.26. The molecule has 1 N–H and O–H groups in total. The molecule has 0 saturated heterocycles. The summed E-state index contributed by atoms with van der Waals surface area (Å²) in [6.45, 7) is 5.19. The lowest BCUT2D eigenvalue weighted by atomic mass is 9.87. The Morgan fingerprint density at radius 3 is 2.79 bits per heavy atom. The van der Waals surface area contributed by atoms with Crippen LogP contribution in [-0.4, -0.2) is 30.0 Å². The van der Waals surface area contributed by atoms with Crippen LogP contribution in [0, 0.1) is 23.2 Å². The van der Waals surface area contributed by atoms with Crippen molar-refractivity contribution >= 4 is 17.3 Å². The number of carbonyl (C=O) groups excluding carboxylic acids is 1. The Morgan fingerprint density at radius 2 is 2.16 bits per heavy atom. The Kier molecular flexibility index (Phi) is 2.76. The van der Waals surface area contributed by atoms with Crippen LogP contribution in [-0.2, 0) is 4.79 Å². The minimum Gasteiger partial charge on any atom is -0.345 e. The maximum Gasteiger partial charge on any atom is 0.268 e. The second-order valence-corrected chi connectivity index (χ2v) is 6.95. The van der Waals surface area contributed by atoms with E-state index in [1.165, 1.54) is 6.42 Å². The minimum absolute atomic E-state index is 0.101. The van der Waals surface area contributed by atoms with Gasteiger partial charge in [-0.15, -0.1) is 5.10 Å². The molecule has 0 aromatic heterocycles. The van der Waals surface area contributed by atoms with Crippen LogP contribution in [0.25, 0.3) is 0 Å². The predicted molar refractivity (Wildman–Crippen MR) is 71.9 cm³/mol. The Labute approximate surface area is 112 Å². The van der Waals surface area contributed by atoms with Crippen molar-refractivity contribution in [2.24, 2.45) is 33.4 Å². The lowest BCUT2D eigenvalue weighted by Crippen LogP contribution is -2.48. The maximum atomic E-state index is 13.1. The van der Waals surface area contributed by atoms with E-state index in [0.717, 1.165) is 12.1 Å². The average molecular weight is 265 g/mol. The zero-order valence-corrected chi connectivity index (χ0v) is 11.6. The first kappa shape index (κ1) is 12.8. The van der Waals surface area contributed by atoms with E-state index in [2.05, 4.69) is 15.5 Å². The average Bonchev–Trinajstić information content (AvgIpc) is 2.82. The van der Waals surface area contributed by atoms with Crippen molar-refractivity contribution in [3.63, 3.8) is 0 Å². The van der Waals surface area contributed by atoms with Gasteiger partial charge in [-0.05, 0) is 24.2 Å². The first-order chi connectivity index (χ1) is 8.91. The van der Waals surface area contributed by atoms with Gasteiger partial charge in [0.05, 0.1) is 11.8 Å². The lowest BCUT2D eigenvalue weighted by Gasteiger charge is -2.29. The van der Waals surface area contributed by atoms with Crippen molar-refractivity contribution in [2.75, 3.05) is 6.67 Å². The maximum absolute atomic E-state index is 13.1. The second-order valence-electron chi connectivity index (χ2n) is 6.95. The smallest absolute Gasteiger partial charge is 0.268 e. The zero-order valence-electron chi connectivity index (χ0n) is 11.6. The van der Waals surface area contributed by atoms with Gasteiger partial charge < -0.3 is 5.32 Å². The van der Waals surface area contributed by atoms with Crippen molar-refractivity contribution in [2.45, 2.75) is 39.7 Å². The molecule has 1 amide bonds. The Balaban J connectivity index is 1.66. The van der Waals surface area contributed by atoms with Crippen LogP contribution in [0.5, 0.6) is 0 Å². The molecule has 2 aliphatic carbocycles. The molecule has 104 valence electrons. The first-order valence-electron chi connectivity index (χ1n) is 6.94. The normalized spacial score (nSPS) is 33.2. The summed E-state index contributed by atoms with van der Waals surface area (Å²) in [4.78, 5) is 12.2. The van der Waals surface area contributed by atoms with Gasteiger partial charge in [0, 0.05) is 11.8 Å². The van der Waals surface area contributed by atoms with Crippen LogP contribution in [0.2, 0.25) is 0 Å². The summed E-state index contributed by atoms with van der Waals surface area (Å²) in [7, 11) is 0. The van der Waals surface area contributed by atoms with Crippen molar-refractivity contribution in [3.8, 4) is 0 Å². The van der Waals surface area contributed by atoms with E-state index in [9.17, 15) is 9.18 Å². The molecule has 0 bridgehead atoms. The summed E-state index contributed by atoms with van der Waals surface area (Å²) < 4.78 is 13.1. The van der Waals surface area contributed by atoms with Crippen molar-refractivity contribution < 1.29 is 9.18 Å². The van der Waals surface area contributed by atoms with Gasteiger partial charge in [-0.2, -0.15) is 5.10 Å². The van der Waals surface area contributed by atoms with E-state index >= 15 is 0 Å². The molecule has 1 heterocycles. The molecule has 1 aliphatic heterocycles. The van der Waals surface area contributed by atoms with Crippen molar-refractivity contribution in [1.82, 2.24) is 5.32 Å². The lowest BCUT2D eigenvalue weighted by molar-refractivity contribution is -0.116. The summed E-state index contributed by atoms with van der Waals surface area (Å²) in [6, 6.07) is -0.484. The van der Waals surface area contributed by atoms with E-state index in [1.54, 1.807) is 0 Å². The van der Waals surface area contributed by atoms with Gasteiger partial charge in [-0.3, -0.25) is 4.79 Å². The fourth-order valence-corrected chi connectivity index (χ4v) is 3.05. The zero-order chi connectivity index (χ0) is 13.8. The van der Waals surface area contributed by atoms with E-state index in [0.29, 0.717) is 17.5 Å². The van der Waals surface area contributed by atoms with Gasteiger partial charge in [-0.25, -0.2) is 4.39 Å². The summed E-state index contributed by atoms with van der Waals surface area (Å²) in [5.41, 5.74) is 1.28. The topological polar surface area (TPSA) is 53.8 Å². The number of rotatable bonds is 3. The molecule has 0 spiro atoms. The number of halogens is 1.